The number of nitrogens with one attached hydrogen (secondary N) is 1. The number of halogens is 1. The fourth-order valence-corrected chi connectivity index (χ4v) is 1.94. The Hall–Kier alpha value is -1.62. The SMILES string of the molecule is CC(Nc1ncncc1N)c1cccc(Br)c1. The van der Waals surface area contributed by atoms with Gasteiger partial charge in [-0.25, -0.2) is 9.97 Å². The summed E-state index contributed by atoms with van der Waals surface area (Å²) in [6, 6.07) is 8.25. The summed E-state index contributed by atoms with van der Waals surface area (Å²) in [6.07, 6.45) is 3.06. The Morgan fingerprint density at radius 2 is 2.24 bits per heavy atom. The van der Waals surface area contributed by atoms with Gasteiger partial charge in [-0.05, 0) is 24.6 Å². The maximum absolute atomic E-state index is 5.78. The molecule has 3 N–H and O–H groups in total. The predicted octanol–water partition coefficient (Wildman–Crippen LogP) is 2.99. The molecular weight excluding hydrogens is 280 g/mol. The first-order valence-corrected chi connectivity index (χ1v) is 6.03. The van der Waals surface area contributed by atoms with Crippen LogP contribution in [0, 0.1) is 0 Å². The average Bonchev–Trinajstić information content (AvgIpc) is 2.32. The first kappa shape index (κ1) is 11.9. The monoisotopic (exact) mass is 292 g/mol. The van der Waals surface area contributed by atoms with Gasteiger partial charge in [0, 0.05) is 4.47 Å². The van der Waals surface area contributed by atoms with Crippen molar-refractivity contribution >= 4 is 27.4 Å². The lowest BCUT2D eigenvalue weighted by Crippen LogP contribution is -2.10. The van der Waals surface area contributed by atoms with Crippen molar-refractivity contribution in [1.82, 2.24) is 9.97 Å². The van der Waals surface area contributed by atoms with E-state index < -0.39 is 0 Å². The van der Waals surface area contributed by atoms with Crippen molar-refractivity contribution in [1.29, 1.82) is 0 Å². The van der Waals surface area contributed by atoms with Gasteiger partial charge < -0.3 is 11.1 Å². The number of nitrogen functional groups attached to an aromatic ring is 1. The van der Waals surface area contributed by atoms with Crippen molar-refractivity contribution in [3.05, 3.63) is 46.8 Å². The smallest absolute Gasteiger partial charge is 0.153 e. The molecule has 5 heteroatoms. The summed E-state index contributed by atoms with van der Waals surface area (Å²) < 4.78 is 1.05. The van der Waals surface area contributed by atoms with Crippen LogP contribution in [0.2, 0.25) is 0 Å². The van der Waals surface area contributed by atoms with Crippen LogP contribution < -0.4 is 11.1 Å². The summed E-state index contributed by atoms with van der Waals surface area (Å²) in [5.41, 5.74) is 7.49. The van der Waals surface area contributed by atoms with Crippen molar-refractivity contribution in [3.8, 4) is 0 Å². The van der Waals surface area contributed by atoms with E-state index in [1.807, 2.05) is 12.1 Å². The second kappa shape index (κ2) is 5.14. The lowest BCUT2D eigenvalue weighted by atomic mass is 10.1. The van der Waals surface area contributed by atoms with E-state index >= 15 is 0 Å². The number of nitrogens with zero attached hydrogens (tertiary/aromatic N) is 2. The molecule has 0 aliphatic rings. The molecule has 4 nitrogen and oxygen atoms in total. The lowest BCUT2D eigenvalue weighted by molar-refractivity contribution is 0.872. The van der Waals surface area contributed by atoms with E-state index in [1.165, 1.54) is 6.33 Å². The first-order valence-electron chi connectivity index (χ1n) is 5.24. The van der Waals surface area contributed by atoms with Gasteiger partial charge in [-0.2, -0.15) is 0 Å². The third-order valence-electron chi connectivity index (χ3n) is 2.44. The third kappa shape index (κ3) is 2.94. The number of nitrogens with two attached hydrogens (primary N) is 1. The number of hydrogen-bond acceptors (Lipinski definition) is 4. The average molecular weight is 293 g/mol. The molecule has 1 unspecified atom stereocenters. The zero-order valence-corrected chi connectivity index (χ0v) is 11.0. The molecule has 0 radical (unpaired) electrons. The third-order valence-corrected chi connectivity index (χ3v) is 2.94. The predicted molar refractivity (Wildman–Crippen MR) is 72.6 cm³/mol. The molecule has 1 heterocycles. The number of anilines is 2. The highest BCUT2D eigenvalue weighted by Crippen LogP contribution is 2.23. The molecule has 0 amide bonds. The maximum Gasteiger partial charge on any atom is 0.153 e. The minimum atomic E-state index is 0.129. The largest absolute Gasteiger partial charge is 0.394 e. The minimum absolute atomic E-state index is 0.129. The number of hydrogen-bond donors (Lipinski definition) is 2. The Kier molecular flexibility index (Phi) is 3.58. The molecule has 2 aromatic rings. The quantitative estimate of drug-likeness (QED) is 0.913. The Labute approximate surface area is 108 Å². The van der Waals surface area contributed by atoms with Crippen molar-refractivity contribution in [2.24, 2.45) is 0 Å². The highest BCUT2D eigenvalue weighted by atomic mass is 79.9. The van der Waals surface area contributed by atoms with Crippen LogP contribution in [0.3, 0.4) is 0 Å². The highest BCUT2D eigenvalue weighted by molar-refractivity contribution is 9.10. The van der Waals surface area contributed by atoms with Crippen LogP contribution in [0.1, 0.15) is 18.5 Å². The summed E-state index contributed by atoms with van der Waals surface area (Å²) in [7, 11) is 0. The molecule has 0 aliphatic heterocycles. The van der Waals surface area contributed by atoms with Crippen molar-refractivity contribution in [2.75, 3.05) is 11.1 Å². The molecule has 2 rings (SSSR count). The second-order valence-electron chi connectivity index (χ2n) is 3.75. The molecule has 1 aromatic heterocycles. The maximum atomic E-state index is 5.78. The van der Waals surface area contributed by atoms with E-state index in [1.54, 1.807) is 6.20 Å². The van der Waals surface area contributed by atoms with Gasteiger partial charge >= 0.3 is 0 Å². The van der Waals surface area contributed by atoms with Crippen LogP contribution in [0.25, 0.3) is 0 Å². The van der Waals surface area contributed by atoms with Gasteiger partial charge in [0.25, 0.3) is 0 Å². The number of aromatic nitrogens is 2. The van der Waals surface area contributed by atoms with Gasteiger partial charge in [0.1, 0.15) is 6.33 Å². The first-order chi connectivity index (χ1) is 8.16. The van der Waals surface area contributed by atoms with Crippen LogP contribution in [0.4, 0.5) is 11.5 Å². The molecular formula is C12H13BrN4. The Morgan fingerprint density at radius 1 is 1.41 bits per heavy atom. The number of benzene rings is 1. The van der Waals surface area contributed by atoms with Crippen molar-refractivity contribution in [3.63, 3.8) is 0 Å². The van der Waals surface area contributed by atoms with E-state index in [2.05, 4.69) is 50.3 Å². The van der Waals surface area contributed by atoms with Crippen molar-refractivity contribution in [2.45, 2.75) is 13.0 Å². The van der Waals surface area contributed by atoms with E-state index in [9.17, 15) is 0 Å². The highest BCUT2D eigenvalue weighted by Gasteiger charge is 2.08. The van der Waals surface area contributed by atoms with Crippen molar-refractivity contribution < 1.29 is 0 Å². The number of rotatable bonds is 3. The van der Waals surface area contributed by atoms with Gasteiger partial charge in [-0.15, -0.1) is 0 Å². The minimum Gasteiger partial charge on any atom is -0.394 e. The van der Waals surface area contributed by atoms with Gasteiger partial charge in [-0.3, -0.25) is 0 Å². The molecule has 1 aromatic carbocycles. The normalized spacial score (nSPS) is 12.1. The van der Waals surface area contributed by atoms with E-state index in [0.717, 1.165) is 10.0 Å². The Morgan fingerprint density at radius 3 is 2.94 bits per heavy atom. The summed E-state index contributed by atoms with van der Waals surface area (Å²) in [4.78, 5) is 7.96. The van der Waals surface area contributed by atoms with Gasteiger partial charge in [0.2, 0.25) is 0 Å². The van der Waals surface area contributed by atoms with Crippen LogP contribution >= 0.6 is 15.9 Å². The summed E-state index contributed by atoms with van der Waals surface area (Å²) in [6.45, 7) is 2.06. The van der Waals surface area contributed by atoms with Crippen LogP contribution in [0.5, 0.6) is 0 Å². The van der Waals surface area contributed by atoms with Gasteiger partial charge in [-0.1, -0.05) is 28.1 Å². The lowest BCUT2D eigenvalue weighted by Gasteiger charge is -2.16. The molecule has 0 spiro atoms. The Bertz CT molecular complexity index is 515. The standard InChI is InChI=1S/C12H13BrN4/c1-8(9-3-2-4-10(13)5-9)17-12-11(14)6-15-7-16-12/h2-8H,14H2,1H3,(H,15,16,17). The fraction of sp³-hybridized carbons (Fsp3) is 0.167. The zero-order chi connectivity index (χ0) is 12.3. The summed E-state index contributed by atoms with van der Waals surface area (Å²) in [5, 5.41) is 3.26. The molecule has 0 saturated carbocycles. The zero-order valence-electron chi connectivity index (χ0n) is 9.39. The van der Waals surface area contributed by atoms with E-state index in [-0.39, 0.29) is 6.04 Å². The molecule has 0 fully saturated rings. The molecule has 0 saturated heterocycles. The summed E-state index contributed by atoms with van der Waals surface area (Å²) >= 11 is 3.45. The molecule has 0 bridgehead atoms. The molecule has 1 atom stereocenters. The fourth-order valence-electron chi connectivity index (χ4n) is 1.53. The Balaban J connectivity index is 2.17. The molecule has 17 heavy (non-hydrogen) atoms. The van der Waals surface area contributed by atoms with E-state index in [0.29, 0.717) is 11.5 Å². The van der Waals surface area contributed by atoms with Crippen LogP contribution in [0.15, 0.2) is 41.3 Å². The van der Waals surface area contributed by atoms with Crippen LogP contribution in [-0.2, 0) is 0 Å². The van der Waals surface area contributed by atoms with Crippen LogP contribution in [-0.4, -0.2) is 9.97 Å². The molecule has 88 valence electrons. The second-order valence-corrected chi connectivity index (χ2v) is 4.66. The van der Waals surface area contributed by atoms with Gasteiger partial charge in [0.05, 0.1) is 17.9 Å². The van der Waals surface area contributed by atoms with Gasteiger partial charge in [0.15, 0.2) is 5.82 Å². The molecule has 0 aliphatic carbocycles. The topological polar surface area (TPSA) is 63.8 Å². The summed E-state index contributed by atoms with van der Waals surface area (Å²) in [5.74, 6) is 0.660. The van der Waals surface area contributed by atoms with E-state index in [4.69, 9.17) is 5.73 Å².